The number of nitrogens with one attached hydrogen (secondary N) is 2. The van der Waals surface area contributed by atoms with Crippen LogP contribution in [0.1, 0.15) is 0 Å². The van der Waals surface area contributed by atoms with Crippen molar-refractivity contribution in [1.82, 2.24) is 10.0 Å². The number of phenols is 1. The molecule has 0 aromatic heterocycles. The van der Waals surface area contributed by atoms with E-state index in [1.165, 1.54) is 31.3 Å². The topological polar surface area (TPSA) is 95.5 Å². The molecule has 1 aromatic carbocycles. The fourth-order valence-electron chi connectivity index (χ4n) is 1.01. The molecule has 0 aliphatic rings. The first-order valence-corrected chi connectivity index (χ1v) is 5.94. The lowest BCUT2D eigenvalue weighted by Gasteiger charge is -2.07. The maximum Gasteiger partial charge on any atom is 0.244 e. The van der Waals surface area contributed by atoms with Crippen molar-refractivity contribution in [3.63, 3.8) is 0 Å². The Morgan fingerprint density at radius 1 is 1.38 bits per heavy atom. The molecule has 16 heavy (non-hydrogen) atoms. The van der Waals surface area contributed by atoms with Crippen LogP contribution >= 0.6 is 0 Å². The maximum absolute atomic E-state index is 11.6. The van der Waals surface area contributed by atoms with E-state index in [0.717, 1.165) is 0 Å². The molecule has 6 nitrogen and oxygen atoms in total. The minimum absolute atomic E-state index is 0.251. The van der Waals surface area contributed by atoms with E-state index in [9.17, 15) is 18.3 Å². The Kier molecular flexibility index (Phi) is 3.86. The van der Waals surface area contributed by atoms with Gasteiger partial charge in [0.2, 0.25) is 15.9 Å². The van der Waals surface area contributed by atoms with Gasteiger partial charge in [0.15, 0.2) is 0 Å². The van der Waals surface area contributed by atoms with Crippen LogP contribution in [0.3, 0.4) is 0 Å². The van der Waals surface area contributed by atoms with Crippen LogP contribution in [-0.4, -0.2) is 33.0 Å². The highest BCUT2D eigenvalue weighted by atomic mass is 32.2. The van der Waals surface area contributed by atoms with Crippen LogP contribution in [0.2, 0.25) is 0 Å². The highest BCUT2D eigenvalue weighted by Crippen LogP contribution is 2.20. The number of rotatable bonds is 4. The zero-order valence-corrected chi connectivity index (χ0v) is 9.41. The summed E-state index contributed by atoms with van der Waals surface area (Å²) in [6, 6.07) is 5.50. The zero-order chi connectivity index (χ0) is 12.2. The van der Waals surface area contributed by atoms with E-state index < -0.39 is 15.9 Å². The second-order valence-corrected chi connectivity index (χ2v) is 4.70. The maximum atomic E-state index is 11.6. The van der Waals surface area contributed by atoms with Crippen molar-refractivity contribution in [3.05, 3.63) is 24.3 Å². The molecular formula is C9H12N2O4S. The number of likely N-dealkylation sites (N-methyl/N-ethyl adjacent to an activating group) is 1. The molecule has 7 heteroatoms. The van der Waals surface area contributed by atoms with E-state index in [2.05, 4.69) is 10.0 Å². The summed E-state index contributed by atoms with van der Waals surface area (Å²) in [4.78, 5) is 10.6. The average molecular weight is 244 g/mol. The third-order valence-corrected chi connectivity index (χ3v) is 3.30. The minimum atomic E-state index is -3.86. The Balaban J connectivity index is 2.87. The normalized spacial score (nSPS) is 11.1. The summed E-state index contributed by atoms with van der Waals surface area (Å²) in [7, 11) is -2.46. The Morgan fingerprint density at radius 3 is 2.56 bits per heavy atom. The zero-order valence-electron chi connectivity index (χ0n) is 8.60. The first-order chi connectivity index (χ1) is 7.47. The molecule has 1 rings (SSSR count). The van der Waals surface area contributed by atoms with E-state index in [4.69, 9.17) is 0 Å². The van der Waals surface area contributed by atoms with Crippen LogP contribution in [0, 0.1) is 0 Å². The van der Waals surface area contributed by atoms with Crippen LogP contribution in [-0.2, 0) is 14.8 Å². The lowest BCUT2D eigenvalue weighted by molar-refractivity contribution is -0.119. The number of carbonyl (C=O) groups excluding carboxylic acids is 1. The molecule has 0 atom stereocenters. The standard InChI is InChI=1S/C9H12N2O4S/c1-10-9(13)6-11-16(14,15)8-5-3-2-4-7(8)12/h2-5,11-12H,6H2,1H3,(H,10,13). The molecule has 0 saturated heterocycles. The second kappa shape index (κ2) is 4.95. The lowest BCUT2D eigenvalue weighted by atomic mass is 10.3. The van der Waals surface area contributed by atoms with Crippen LogP contribution in [0.5, 0.6) is 5.75 Å². The molecule has 0 saturated carbocycles. The number of hydrogen-bond acceptors (Lipinski definition) is 4. The monoisotopic (exact) mass is 244 g/mol. The van der Waals surface area contributed by atoms with E-state index in [1.54, 1.807) is 0 Å². The number of amides is 1. The smallest absolute Gasteiger partial charge is 0.244 e. The van der Waals surface area contributed by atoms with Crippen LogP contribution in [0.4, 0.5) is 0 Å². The molecule has 0 bridgehead atoms. The van der Waals surface area contributed by atoms with Crippen LogP contribution < -0.4 is 10.0 Å². The number of phenolic OH excluding ortho intramolecular Hbond substituents is 1. The number of aromatic hydroxyl groups is 1. The van der Waals surface area contributed by atoms with Gasteiger partial charge in [-0.25, -0.2) is 13.1 Å². The van der Waals surface area contributed by atoms with Crippen molar-refractivity contribution in [2.75, 3.05) is 13.6 Å². The van der Waals surface area contributed by atoms with E-state index in [1.807, 2.05) is 0 Å². The minimum Gasteiger partial charge on any atom is -0.507 e. The first-order valence-electron chi connectivity index (χ1n) is 4.45. The van der Waals surface area contributed by atoms with Gasteiger partial charge in [-0.3, -0.25) is 4.79 Å². The van der Waals surface area contributed by atoms with Gasteiger partial charge in [0.05, 0.1) is 6.54 Å². The molecule has 3 N–H and O–H groups in total. The third-order valence-electron chi connectivity index (χ3n) is 1.86. The number of sulfonamides is 1. The Morgan fingerprint density at radius 2 is 2.00 bits per heavy atom. The van der Waals surface area contributed by atoms with Crippen molar-refractivity contribution >= 4 is 15.9 Å². The summed E-state index contributed by atoms with van der Waals surface area (Å²) < 4.78 is 25.3. The predicted octanol–water partition coefficient (Wildman–Crippen LogP) is -0.584. The van der Waals surface area contributed by atoms with Gasteiger partial charge in [0.1, 0.15) is 10.6 Å². The number of carbonyl (C=O) groups is 1. The molecule has 0 radical (unpaired) electrons. The molecule has 0 unspecified atom stereocenters. The quantitative estimate of drug-likeness (QED) is 0.660. The fourth-order valence-corrected chi connectivity index (χ4v) is 2.09. The van der Waals surface area contributed by atoms with Gasteiger partial charge in [-0.2, -0.15) is 0 Å². The van der Waals surface area contributed by atoms with Gasteiger partial charge in [0.25, 0.3) is 0 Å². The average Bonchev–Trinajstić information content (AvgIpc) is 2.26. The van der Waals surface area contributed by atoms with Crippen molar-refractivity contribution < 1.29 is 18.3 Å². The molecule has 0 spiro atoms. The van der Waals surface area contributed by atoms with Gasteiger partial charge in [-0.05, 0) is 12.1 Å². The highest BCUT2D eigenvalue weighted by molar-refractivity contribution is 7.89. The fraction of sp³-hybridized carbons (Fsp3) is 0.222. The number of hydrogen-bond donors (Lipinski definition) is 3. The van der Waals surface area contributed by atoms with E-state index in [0.29, 0.717) is 0 Å². The summed E-state index contributed by atoms with van der Waals surface area (Å²) in [6.07, 6.45) is 0. The van der Waals surface area contributed by atoms with Gasteiger partial charge in [0, 0.05) is 7.05 Å². The molecule has 1 amide bonds. The SMILES string of the molecule is CNC(=O)CNS(=O)(=O)c1ccccc1O. The molecule has 0 heterocycles. The molecular weight excluding hydrogens is 232 g/mol. The van der Waals surface area contributed by atoms with Crippen LogP contribution in [0.15, 0.2) is 29.2 Å². The largest absolute Gasteiger partial charge is 0.507 e. The predicted molar refractivity (Wildman–Crippen MR) is 57.4 cm³/mol. The summed E-state index contributed by atoms with van der Waals surface area (Å²) in [5.41, 5.74) is 0. The summed E-state index contributed by atoms with van der Waals surface area (Å²) in [5, 5.41) is 11.6. The van der Waals surface area contributed by atoms with Crippen molar-refractivity contribution in [3.8, 4) is 5.75 Å². The van der Waals surface area contributed by atoms with E-state index >= 15 is 0 Å². The van der Waals surface area contributed by atoms with Crippen molar-refractivity contribution in [2.45, 2.75) is 4.90 Å². The highest BCUT2D eigenvalue weighted by Gasteiger charge is 2.18. The lowest BCUT2D eigenvalue weighted by Crippen LogP contribution is -2.35. The summed E-state index contributed by atoms with van der Waals surface area (Å²) in [6.45, 7) is -0.368. The van der Waals surface area contributed by atoms with Gasteiger partial charge in [-0.1, -0.05) is 12.1 Å². The molecule has 88 valence electrons. The molecule has 0 aliphatic heterocycles. The Bertz CT molecular complexity index is 484. The molecule has 0 aliphatic carbocycles. The number of para-hydroxylation sites is 1. The third kappa shape index (κ3) is 2.94. The summed E-state index contributed by atoms with van der Waals surface area (Å²) in [5.74, 6) is -0.814. The first kappa shape index (κ1) is 12.5. The van der Waals surface area contributed by atoms with Crippen molar-refractivity contribution in [1.29, 1.82) is 0 Å². The van der Waals surface area contributed by atoms with Crippen molar-refractivity contribution in [2.24, 2.45) is 0 Å². The van der Waals surface area contributed by atoms with Gasteiger partial charge in [-0.15, -0.1) is 0 Å². The number of benzene rings is 1. The van der Waals surface area contributed by atoms with Gasteiger partial charge >= 0.3 is 0 Å². The van der Waals surface area contributed by atoms with Crippen LogP contribution in [0.25, 0.3) is 0 Å². The Labute approximate surface area is 93.3 Å². The summed E-state index contributed by atoms with van der Waals surface area (Å²) >= 11 is 0. The van der Waals surface area contributed by atoms with Gasteiger partial charge < -0.3 is 10.4 Å². The van der Waals surface area contributed by atoms with E-state index in [-0.39, 0.29) is 17.2 Å². The Hall–Kier alpha value is -1.60. The second-order valence-electron chi connectivity index (χ2n) is 2.97. The molecule has 0 fully saturated rings. The molecule has 1 aromatic rings.